The van der Waals surface area contributed by atoms with Gasteiger partial charge in [-0.3, -0.25) is 4.79 Å². The van der Waals surface area contributed by atoms with Crippen molar-refractivity contribution in [1.29, 1.82) is 0 Å². The van der Waals surface area contributed by atoms with Gasteiger partial charge >= 0.3 is 0 Å². The number of fused-ring (bicyclic) bond motifs is 1. The molecule has 1 heterocycles. The Hall–Kier alpha value is -3.39. The number of allylic oxidation sites excluding steroid dienone is 1. The standard InChI is InChI=1S/C25H24N2O3/c1-17-21-12-13-27(16-18-8-7-11-20(14-18)30-3)24(29)25(21,15-22(26-2)23(17)28)19-9-5-4-6-10-19/h4-11,14-15,17,21H,12-13,16H2,1,3H3/t17-,21-,25+/m0/s1. The molecule has 0 spiro atoms. The van der Waals surface area contributed by atoms with Gasteiger partial charge in [-0.2, -0.15) is 0 Å². The number of rotatable bonds is 4. The fourth-order valence-electron chi connectivity index (χ4n) is 4.92. The molecule has 3 atom stereocenters. The van der Waals surface area contributed by atoms with Crippen molar-refractivity contribution >= 4 is 11.7 Å². The van der Waals surface area contributed by atoms with E-state index in [1.807, 2.05) is 66.4 Å². The number of ether oxygens (including phenoxy) is 1. The zero-order chi connectivity index (χ0) is 21.3. The zero-order valence-corrected chi connectivity index (χ0v) is 17.2. The molecule has 1 aliphatic heterocycles. The van der Waals surface area contributed by atoms with Crippen LogP contribution in [0.3, 0.4) is 0 Å². The molecule has 152 valence electrons. The lowest BCUT2D eigenvalue weighted by Crippen LogP contribution is -2.59. The average Bonchev–Trinajstić information content (AvgIpc) is 2.79. The third-order valence-corrected chi connectivity index (χ3v) is 6.45. The molecule has 0 N–H and O–H groups in total. The van der Waals surface area contributed by atoms with Crippen LogP contribution in [-0.4, -0.2) is 30.2 Å². The topological polar surface area (TPSA) is 51.0 Å². The van der Waals surface area contributed by atoms with Crippen LogP contribution in [0.2, 0.25) is 0 Å². The second kappa shape index (κ2) is 7.79. The van der Waals surface area contributed by atoms with Crippen molar-refractivity contribution in [2.75, 3.05) is 13.7 Å². The number of Topliss-reactive ketones (excluding diaryl/α,β-unsaturated/α-hetero) is 1. The number of amides is 1. The highest BCUT2D eigenvalue weighted by Gasteiger charge is 2.56. The van der Waals surface area contributed by atoms with E-state index >= 15 is 0 Å². The third-order valence-electron chi connectivity index (χ3n) is 6.45. The molecule has 2 aromatic rings. The van der Waals surface area contributed by atoms with E-state index in [2.05, 4.69) is 4.85 Å². The number of nitrogens with zero attached hydrogens (tertiary/aromatic N) is 2. The largest absolute Gasteiger partial charge is 0.497 e. The maximum Gasteiger partial charge on any atom is 0.236 e. The minimum Gasteiger partial charge on any atom is -0.497 e. The molecule has 0 radical (unpaired) electrons. The molecule has 1 fully saturated rings. The highest BCUT2D eigenvalue weighted by Crippen LogP contribution is 2.49. The van der Waals surface area contributed by atoms with Gasteiger partial charge in [0.2, 0.25) is 11.6 Å². The van der Waals surface area contributed by atoms with E-state index in [4.69, 9.17) is 11.3 Å². The Labute approximate surface area is 176 Å². The minimum atomic E-state index is -0.994. The van der Waals surface area contributed by atoms with Crippen LogP contribution in [0.15, 0.2) is 66.4 Å². The number of piperidine rings is 1. The lowest BCUT2D eigenvalue weighted by atomic mass is 9.58. The highest BCUT2D eigenvalue weighted by atomic mass is 16.5. The van der Waals surface area contributed by atoms with E-state index in [9.17, 15) is 9.59 Å². The maximum absolute atomic E-state index is 14.0. The summed E-state index contributed by atoms with van der Waals surface area (Å²) < 4.78 is 5.32. The summed E-state index contributed by atoms with van der Waals surface area (Å²) in [6, 6.07) is 17.3. The minimum absolute atomic E-state index is 0.0479. The molecule has 2 aliphatic rings. The van der Waals surface area contributed by atoms with E-state index in [0.29, 0.717) is 19.5 Å². The molecule has 0 aromatic heterocycles. The van der Waals surface area contributed by atoms with Crippen LogP contribution < -0.4 is 4.74 Å². The molecule has 2 aromatic carbocycles. The molecule has 5 nitrogen and oxygen atoms in total. The summed E-state index contributed by atoms with van der Waals surface area (Å²) in [6.07, 6.45) is 2.35. The monoisotopic (exact) mass is 400 g/mol. The Morgan fingerprint density at radius 3 is 2.63 bits per heavy atom. The molecule has 0 saturated carbocycles. The molecule has 4 rings (SSSR count). The number of likely N-dealkylation sites (tertiary alicyclic amines) is 1. The highest BCUT2D eigenvalue weighted by molar-refractivity contribution is 6.04. The summed E-state index contributed by atoms with van der Waals surface area (Å²) in [5, 5.41) is 0. The zero-order valence-electron chi connectivity index (χ0n) is 17.2. The average molecular weight is 400 g/mol. The fraction of sp³-hybridized carbons (Fsp3) is 0.320. The number of hydrogen-bond donors (Lipinski definition) is 0. The number of hydrogen-bond acceptors (Lipinski definition) is 3. The number of carbonyl (C=O) groups excluding carboxylic acids is 2. The van der Waals surface area contributed by atoms with Crippen molar-refractivity contribution in [3.63, 3.8) is 0 Å². The normalized spacial score (nSPS) is 25.9. The summed E-state index contributed by atoms with van der Waals surface area (Å²) in [4.78, 5) is 32.0. The number of methoxy groups -OCH3 is 1. The van der Waals surface area contributed by atoms with Gasteiger partial charge in [0.15, 0.2) is 5.78 Å². The predicted molar refractivity (Wildman–Crippen MR) is 113 cm³/mol. The summed E-state index contributed by atoms with van der Waals surface area (Å²) in [5.74, 6) is 0.0118. The maximum atomic E-state index is 14.0. The first-order valence-electron chi connectivity index (χ1n) is 10.1. The molecule has 1 amide bonds. The second-order valence-electron chi connectivity index (χ2n) is 8.00. The van der Waals surface area contributed by atoms with E-state index < -0.39 is 5.41 Å². The Morgan fingerprint density at radius 2 is 1.93 bits per heavy atom. The first-order valence-corrected chi connectivity index (χ1v) is 10.1. The second-order valence-corrected chi connectivity index (χ2v) is 8.00. The van der Waals surface area contributed by atoms with Crippen LogP contribution in [-0.2, 0) is 21.5 Å². The van der Waals surface area contributed by atoms with Crippen molar-refractivity contribution in [2.24, 2.45) is 11.8 Å². The molecule has 30 heavy (non-hydrogen) atoms. The smallest absolute Gasteiger partial charge is 0.236 e. The van der Waals surface area contributed by atoms with Gasteiger partial charge in [0.1, 0.15) is 5.75 Å². The summed E-state index contributed by atoms with van der Waals surface area (Å²) in [6.45, 7) is 10.4. The molecular weight excluding hydrogens is 376 g/mol. The van der Waals surface area contributed by atoms with Crippen molar-refractivity contribution in [3.8, 4) is 5.75 Å². The summed E-state index contributed by atoms with van der Waals surface area (Å²) in [5.41, 5.74) is 0.902. The molecule has 5 heteroatoms. The van der Waals surface area contributed by atoms with Gasteiger partial charge in [-0.15, -0.1) is 0 Å². The Morgan fingerprint density at radius 1 is 1.17 bits per heavy atom. The van der Waals surface area contributed by atoms with Crippen LogP contribution in [0.5, 0.6) is 5.75 Å². The van der Waals surface area contributed by atoms with Crippen LogP contribution in [0.4, 0.5) is 0 Å². The van der Waals surface area contributed by atoms with Crippen molar-refractivity contribution < 1.29 is 14.3 Å². The van der Waals surface area contributed by atoms with Gasteiger partial charge in [-0.25, -0.2) is 4.85 Å². The SMILES string of the molecule is [C-]#[N+]C1=C[C@]2(c3ccccc3)C(=O)N(Cc3cccc(OC)c3)CC[C@H]2[C@H](C)C1=O. The Bertz CT molecular complexity index is 1050. The van der Waals surface area contributed by atoms with Gasteiger partial charge in [-0.05, 0) is 35.6 Å². The molecule has 1 aliphatic carbocycles. The summed E-state index contributed by atoms with van der Waals surface area (Å²) >= 11 is 0. The van der Waals surface area contributed by atoms with Gasteiger partial charge in [0.25, 0.3) is 0 Å². The quantitative estimate of drug-likeness (QED) is 0.729. The van der Waals surface area contributed by atoms with Gasteiger partial charge < -0.3 is 14.4 Å². The molecular formula is C25H24N2O3. The van der Waals surface area contributed by atoms with E-state index in [-0.39, 0.29) is 29.2 Å². The Balaban J connectivity index is 1.80. The van der Waals surface area contributed by atoms with Gasteiger partial charge in [-0.1, -0.05) is 55.5 Å². The van der Waals surface area contributed by atoms with E-state index in [1.165, 1.54) is 0 Å². The van der Waals surface area contributed by atoms with Crippen molar-refractivity contribution in [2.45, 2.75) is 25.3 Å². The lowest BCUT2D eigenvalue weighted by molar-refractivity contribution is -0.145. The fourth-order valence-corrected chi connectivity index (χ4v) is 4.92. The first kappa shape index (κ1) is 19.9. The van der Waals surface area contributed by atoms with Gasteiger partial charge in [0.05, 0.1) is 19.1 Å². The van der Waals surface area contributed by atoms with Crippen LogP contribution in [0.1, 0.15) is 24.5 Å². The Kier molecular flexibility index (Phi) is 5.17. The van der Waals surface area contributed by atoms with Crippen LogP contribution >= 0.6 is 0 Å². The third kappa shape index (κ3) is 3.09. The number of ketones is 1. The van der Waals surface area contributed by atoms with Crippen molar-refractivity contribution in [3.05, 3.63) is 88.9 Å². The van der Waals surface area contributed by atoms with E-state index in [1.54, 1.807) is 13.2 Å². The van der Waals surface area contributed by atoms with E-state index in [0.717, 1.165) is 16.9 Å². The molecule has 1 saturated heterocycles. The molecule has 0 unspecified atom stereocenters. The van der Waals surface area contributed by atoms with Gasteiger partial charge in [0, 0.05) is 19.0 Å². The van der Waals surface area contributed by atoms with Crippen LogP contribution in [0.25, 0.3) is 4.85 Å². The molecule has 0 bridgehead atoms. The summed E-state index contributed by atoms with van der Waals surface area (Å²) in [7, 11) is 1.62. The predicted octanol–water partition coefficient (Wildman–Crippen LogP) is 4.00. The number of benzene rings is 2. The number of carbonyl (C=O) groups is 2. The first-order chi connectivity index (χ1) is 14.5. The lowest BCUT2D eigenvalue weighted by Gasteiger charge is -2.50. The van der Waals surface area contributed by atoms with Crippen LogP contribution in [0, 0.1) is 18.4 Å². The van der Waals surface area contributed by atoms with Crippen molar-refractivity contribution in [1.82, 2.24) is 4.90 Å².